The SMILES string of the molecule is [CH2]N1CCCC(c2ccc(F)cc2)C1. The van der Waals surface area contributed by atoms with E-state index in [4.69, 9.17) is 0 Å². The van der Waals surface area contributed by atoms with Gasteiger partial charge in [-0.05, 0) is 43.0 Å². The van der Waals surface area contributed by atoms with E-state index in [1.807, 2.05) is 12.1 Å². The zero-order chi connectivity index (χ0) is 9.97. The largest absolute Gasteiger partial charge is 0.301 e. The van der Waals surface area contributed by atoms with Gasteiger partial charge in [0, 0.05) is 13.6 Å². The van der Waals surface area contributed by atoms with E-state index in [1.165, 1.54) is 30.5 Å². The first kappa shape index (κ1) is 9.66. The quantitative estimate of drug-likeness (QED) is 0.661. The molecule has 0 saturated carbocycles. The Balaban J connectivity index is 2.10. The molecular formula is C12H15FN. The van der Waals surface area contributed by atoms with Crippen molar-refractivity contribution < 1.29 is 4.39 Å². The monoisotopic (exact) mass is 192 g/mol. The van der Waals surface area contributed by atoms with Crippen LogP contribution in [0.25, 0.3) is 0 Å². The van der Waals surface area contributed by atoms with E-state index in [2.05, 4.69) is 11.9 Å². The molecule has 0 bridgehead atoms. The fourth-order valence-corrected chi connectivity index (χ4v) is 2.06. The van der Waals surface area contributed by atoms with E-state index in [1.54, 1.807) is 0 Å². The number of likely N-dealkylation sites (tertiary alicyclic amines) is 1. The van der Waals surface area contributed by atoms with Crippen LogP contribution in [-0.4, -0.2) is 18.0 Å². The normalized spacial score (nSPS) is 23.7. The highest BCUT2D eigenvalue weighted by molar-refractivity contribution is 5.21. The van der Waals surface area contributed by atoms with Gasteiger partial charge in [0.25, 0.3) is 0 Å². The first-order valence-electron chi connectivity index (χ1n) is 5.06. The summed E-state index contributed by atoms with van der Waals surface area (Å²) < 4.78 is 12.7. The van der Waals surface area contributed by atoms with Gasteiger partial charge in [0.1, 0.15) is 5.82 Å². The minimum absolute atomic E-state index is 0.156. The molecule has 0 aliphatic carbocycles. The lowest BCUT2D eigenvalue weighted by molar-refractivity contribution is 0.276. The molecule has 14 heavy (non-hydrogen) atoms. The van der Waals surface area contributed by atoms with Crippen LogP contribution in [0, 0.1) is 12.9 Å². The number of nitrogens with zero attached hydrogens (tertiary/aromatic N) is 1. The molecule has 1 heterocycles. The second-order valence-electron chi connectivity index (χ2n) is 3.97. The van der Waals surface area contributed by atoms with Gasteiger partial charge in [-0.15, -0.1) is 0 Å². The zero-order valence-electron chi connectivity index (χ0n) is 8.25. The predicted molar refractivity (Wildman–Crippen MR) is 55.3 cm³/mol. The molecule has 1 aromatic carbocycles. The summed E-state index contributed by atoms with van der Waals surface area (Å²) in [5, 5.41) is 0. The van der Waals surface area contributed by atoms with Crippen LogP contribution < -0.4 is 0 Å². The Labute approximate surface area is 84.5 Å². The summed E-state index contributed by atoms with van der Waals surface area (Å²) in [6.07, 6.45) is 2.38. The Morgan fingerprint density at radius 3 is 2.64 bits per heavy atom. The van der Waals surface area contributed by atoms with Gasteiger partial charge in [0.05, 0.1) is 0 Å². The Morgan fingerprint density at radius 2 is 2.00 bits per heavy atom. The van der Waals surface area contributed by atoms with Gasteiger partial charge in [-0.25, -0.2) is 4.39 Å². The molecular weight excluding hydrogens is 177 g/mol. The number of hydrogen-bond donors (Lipinski definition) is 0. The number of benzene rings is 1. The first-order chi connectivity index (χ1) is 6.75. The van der Waals surface area contributed by atoms with E-state index in [0.717, 1.165) is 13.1 Å². The van der Waals surface area contributed by atoms with Crippen LogP contribution in [0.3, 0.4) is 0 Å². The lowest BCUT2D eigenvalue weighted by Crippen LogP contribution is -2.29. The zero-order valence-corrected chi connectivity index (χ0v) is 8.25. The highest BCUT2D eigenvalue weighted by Gasteiger charge is 2.18. The fourth-order valence-electron chi connectivity index (χ4n) is 2.06. The van der Waals surface area contributed by atoms with Gasteiger partial charge < -0.3 is 4.90 Å². The van der Waals surface area contributed by atoms with Crippen LogP contribution in [0.1, 0.15) is 24.3 Å². The molecule has 1 radical (unpaired) electrons. The number of piperidine rings is 1. The molecule has 1 aliphatic heterocycles. The molecule has 2 heteroatoms. The summed E-state index contributed by atoms with van der Waals surface area (Å²) in [5.41, 5.74) is 1.24. The molecule has 0 N–H and O–H groups in total. The third-order valence-electron chi connectivity index (χ3n) is 2.85. The highest BCUT2D eigenvalue weighted by Crippen LogP contribution is 2.26. The first-order valence-corrected chi connectivity index (χ1v) is 5.06. The Hall–Kier alpha value is -0.890. The van der Waals surface area contributed by atoms with E-state index >= 15 is 0 Å². The summed E-state index contributed by atoms with van der Waals surface area (Å²) in [6.45, 7) is 2.07. The van der Waals surface area contributed by atoms with E-state index in [9.17, 15) is 4.39 Å². The van der Waals surface area contributed by atoms with Crippen LogP contribution in [-0.2, 0) is 0 Å². The topological polar surface area (TPSA) is 3.24 Å². The van der Waals surface area contributed by atoms with Gasteiger partial charge in [-0.3, -0.25) is 0 Å². The van der Waals surface area contributed by atoms with Crippen LogP contribution in [0.15, 0.2) is 24.3 Å². The summed E-state index contributed by atoms with van der Waals surface area (Å²) in [5.74, 6) is 0.373. The molecule has 0 spiro atoms. The van der Waals surface area contributed by atoms with Gasteiger partial charge >= 0.3 is 0 Å². The molecule has 1 nitrogen and oxygen atoms in total. The lowest BCUT2D eigenvalue weighted by Gasteiger charge is -2.29. The van der Waals surface area contributed by atoms with Gasteiger partial charge in [-0.2, -0.15) is 0 Å². The molecule has 1 unspecified atom stereocenters. The smallest absolute Gasteiger partial charge is 0.123 e. The molecule has 2 rings (SSSR count). The van der Waals surface area contributed by atoms with Crippen LogP contribution in [0.2, 0.25) is 0 Å². The predicted octanol–water partition coefficient (Wildman–Crippen LogP) is 2.80. The summed E-state index contributed by atoms with van der Waals surface area (Å²) >= 11 is 0. The maximum Gasteiger partial charge on any atom is 0.123 e. The molecule has 0 aromatic heterocycles. The fraction of sp³-hybridized carbons (Fsp3) is 0.417. The minimum atomic E-state index is -0.156. The van der Waals surface area contributed by atoms with Gasteiger partial charge in [-0.1, -0.05) is 12.1 Å². The Kier molecular flexibility index (Phi) is 2.82. The number of halogens is 1. The molecule has 1 atom stereocenters. The van der Waals surface area contributed by atoms with Crippen molar-refractivity contribution in [2.45, 2.75) is 18.8 Å². The molecule has 75 valence electrons. The standard InChI is InChI=1S/C12H15FN/c1-14-8-2-3-11(9-14)10-4-6-12(13)7-5-10/h4-7,11H,1-3,8-9H2. The second-order valence-corrected chi connectivity index (χ2v) is 3.97. The Bertz CT molecular complexity index is 294. The lowest BCUT2D eigenvalue weighted by atomic mass is 9.91. The molecule has 1 aromatic rings. The van der Waals surface area contributed by atoms with E-state index in [0.29, 0.717) is 5.92 Å². The molecule has 1 saturated heterocycles. The van der Waals surface area contributed by atoms with Crippen molar-refractivity contribution in [3.05, 3.63) is 42.7 Å². The van der Waals surface area contributed by atoms with Crippen LogP contribution in [0.5, 0.6) is 0 Å². The van der Waals surface area contributed by atoms with Crippen molar-refractivity contribution in [2.24, 2.45) is 0 Å². The van der Waals surface area contributed by atoms with Crippen LogP contribution in [0.4, 0.5) is 4.39 Å². The second kappa shape index (κ2) is 4.09. The van der Waals surface area contributed by atoms with E-state index < -0.39 is 0 Å². The minimum Gasteiger partial charge on any atom is -0.301 e. The van der Waals surface area contributed by atoms with Crippen LogP contribution >= 0.6 is 0 Å². The molecule has 1 aliphatic rings. The highest BCUT2D eigenvalue weighted by atomic mass is 19.1. The number of hydrogen-bond acceptors (Lipinski definition) is 1. The number of rotatable bonds is 1. The van der Waals surface area contributed by atoms with Gasteiger partial charge in [0.15, 0.2) is 0 Å². The van der Waals surface area contributed by atoms with Crippen molar-refractivity contribution in [1.82, 2.24) is 4.90 Å². The summed E-state index contributed by atoms with van der Waals surface area (Å²) in [4.78, 5) is 2.09. The maximum atomic E-state index is 12.7. The molecule has 0 amide bonds. The van der Waals surface area contributed by atoms with Crippen molar-refractivity contribution >= 4 is 0 Å². The third-order valence-corrected chi connectivity index (χ3v) is 2.85. The third kappa shape index (κ3) is 2.13. The summed E-state index contributed by atoms with van der Waals surface area (Å²) in [7, 11) is 3.95. The Morgan fingerprint density at radius 1 is 1.29 bits per heavy atom. The van der Waals surface area contributed by atoms with Crippen molar-refractivity contribution in [1.29, 1.82) is 0 Å². The van der Waals surface area contributed by atoms with Crippen molar-refractivity contribution in [3.63, 3.8) is 0 Å². The average molecular weight is 192 g/mol. The van der Waals surface area contributed by atoms with Crippen molar-refractivity contribution in [2.75, 3.05) is 13.1 Å². The average Bonchev–Trinajstić information content (AvgIpc) is 2.19. The van der Waals surface area contributed by atoms with Crippen molar-refractivity contribution in [3.8, 4) is 0 Å². The van der Waals surface area contributed by atoms with E-state index in [-0.39, 0.29) is 5.82 Å². The molecule has 1 fully saturated rings. The summed E-state index contributed by atoms with van der Waals surface area (Å²) in [6, 6.07) is 6.85. The van der Waals surface area contributed by atoms with Gasteiger partial charge in [0.2, 0.25) is 0 Å². The maximum absolute atomic E-state index is 12.7.